The van der Waals surface area contributed by atoms with Gasteiger partial charge in [0, 0.05) is 16.6 Å². The van der Waals surface area contributed by atoms with Crippen LogP contribution >= 0.6 is 11.6 Å². The molecule has 0 saturated carbocycles. The smallest absolute Gasteiger partial charge is 0.161 e. The fourth-order valence-corrected chi connectivity index (χ4v) is 2.30. The van der Waals surface area contributed by atoms with E-state index in [0.29, 0.717) is 22.0 Å². The molecular weight excluding hydrogens is 281 g/mol. The molecule has 0 bridgehead atoms. The summed E-state index contributed by atoms with van der Waals surface area (Å²) < 4.78 is 21.0. The summed E-state index contributed by atoms with van der Waals surface area (Å²) in [4.78, 5) is 0. The van der Waals surface area contributed by atoms with Gasteiger partial charge in [0.2, 0.25) is 0 Å². The molecule has 0 radical (unpaired) electrons. The predicted octanol–water partition coefficient (Wildman–Crippen LogP) is 3.31. The van der Waals surface area contributed by atoms with Crippen LogP contribution < -0.4 is 10.5 Å². The lowest BCUT2D eigenvalue weighted by molar-refractivity contribution is 0.400. The molecule has 20 heavy (non-hydrogen) atoms. The highest BCUT2D eigenvalue weighted by atomic mass is 35.5. The van der Waals surface area contributed by atoms with Crippen LogP contribution in [0.4, 0.5) is 4.39 Å². The van der Waals surface area contributed by atoms with Crippen molar-refractivity contribution in [1.29, 1.82) is 0 Å². The molecule has 1 atom stereocenters. The second-order valence-corrected chi connectivity index (χ2v) is 5.22. The molecule has 2 N–H and O–H groups in total. The summed E-state index contributed by atoms with van der Waals surface area (Å²) in [6.45, 7) is 3.94. The van der Waals surface area contributed by atoms with Gasteiger partial charge in [-0.1, -0.05) is 11.6 Å². The van der Waals surface area contributed by atoms with Gasteiger partial charge >= 0.3 is 0 Å². The Morgan fingerprint density at radius 3 is 2.70 bits per heavy atom. The summed E-state index contributed by atoms with van der Waals surface area (Å²) in [5.41, 5.74) is 7.15. The first kappa shape index (κ1) is 14.8. The molecule has 0 fully saturated rings. The number of benzene rings is 1. The average Bonchev–Trinajstić information content (AvgIpc) is 2.84. The zero-order valence-electron chi connectivity index (χ0n) is 11.6. The Bertz CT molecular complexity index is 612. The van der Waals surface area contributed by atoms with Gasteiger partial charge in [-0.2, -0.15) is 5.10 Å². The molecule has 0 aliphatic carbocycles. The minimum absolute atomic E-state index is 0.0854. The molecular formula is C14H17ClFN3O. The summed E-state index contributed by atoms with van der Waals surface area (Å²) in [7, 11) is 1.53. The van der Waals surface area contributed by atoms with E-state index in [9.17, 15) is 4.39 Å². The van der Waals surface area contributed by atoms with Crippen molar-refractivity contribution in [3.05, 3.63) is 46.5 Å². The van der Waals surface area contributed by atoms with Gasteiger partial charge < -0.3 is 10.5 Å². The maximum Gasteiger partial charge on any atom is 0.161 e. The van der Waals surface area contributed by atoms with Crippen molar-refractivity contribution >= 4 is 11.6 Å². The third kappa shape index (κ3) is 2.64. The van der Waals surface area contributed by atoms with Gasteiger partial charge in [-0.15, -0.1) is 0 Å². The Balaban J connectivity index is 2.55. The first-order valence-corrected chi connectivity index (χ1v) is 6.65. The van der Waals surface area contributed by atoms with Crippen molar-refractivity contribution in [2.24, 2.45) is 5.73 Å². The maximum absolute atomic E-state index is 14.0. The minimum atomic E-state index is -0.700. The van der Waals surface area contributed by atoms with Crippen LogP contribution in [-0.2, 0) is 0 Å². The van der Waals surface area contributed by atoms with Crippen LogP contribution in [0.3, 0.4) is 0 Å². The molecule has 0 amide bonds. The van der Waals surface area contributed by atoms with Crippen LogP contribution in [0.25, 0.3) is 0 Å². The Morgan fingerprint density at radius 2 is 2.10 bits per heavy atom. The fourth-order valence-electron chi connectivity index (χ4n) is 2.12. The van der Waals surface area contributed by atoms with Crippen LogP contribution in [0.15, 0.2) is 24.4 Å². The first-order valence-electron chi connectivity index (χ1n) is 6.27. The zero-order chi connectivity index (χ0) is 14.9. The molecule has 4 nitrogen and oxygen atoms in total. The number of hydrogen-bond donors (Lipinski definition) is 1. The molecule has 108 valence electrons. The zero-order valence-corrected chi connectivity index (χ0v) is 12.4. The van der Waals surface area contributed by atoms with Gasteiger partial charge in [0.25, 0.3) is 0 Å². The monoisotopic (exact) mass is 297 g/mol. The number of nitrogens with two attached hydrogens (primary N) is 1. The number of aromatic nitrogens is 2. The number of ether oxygens (including phenoxy) is 1. The average molecular weight is 298 g/mol. The van der Waals surface area contributed by atoms with E-state index in [4.69, 9.17) is 22.1 Å². The van der Waals surface area contributed by atoms with E-state index in [1.54, 1.807) is 10.9 Å². The highest BCUT2D eigenvalue weighted by Gasteiger charge is 2.24. The lowest BCUT2D eigenvalue weighted by atomic mass is 10.0. The highest BCUT2D eigenvalue weighted by molar-refractivity contribution is 6.30. The van der Waals surface area contributed by atoms with Crippen molar-refractivity contribution in [2.75, 3.05) is 7.11 Å². The van der Waals surface area contributed by atoms with E-state index in [0.717, 1.165) is 0 Å². The summed E-state index contributed by atoms with van der Waals surface area (Å²) in [6, 6.07) is 3.71. The maximum atomic E-state index is 14.0. The van der Waals surface area contributed by atoms with E-state index < -0.39 is 11.9 Å². The second kappa shape index (κ2) is 5.81. The second-order valence-electron chi connectivity index (χ2n) is 4.78. The topological polar surface area (TPSA) is 53.1 Å². The molecule has 1 heterocycles. The Morgan fingerprint density at radius 1 is 1.40 bits per heavy atom. The Labute approximate surface area is 122 Å². The summed E-state index contributed by atoms with van der Waals surface area (Å²) >= 11 is 5.92. The quantitative estimate of drug-likeness (QED) is 0.942. The van der Waals surface area contributed by atoms with Gasteiger partial charge in [-0.25, -0.2) is 4.39 Å². The van der Waals surface area contributed by atoms with Crippen molar-refractivity contribution in [1.82, 2.24) is 9.78 Å². The van der Waals surface area contributed by atoms with Crippen LogP contribution in [0.5, 0.6) is 5.75 Å². The molecule has 2 rings (SSSR count). The number of methoxy groups -OCH3 is 1. The van der Waals surface area contributed by atoms with Crippen LogP contribution in [0, 0.1) is 5.82 Å². The van der Waals surface area contributed by atoms with Crippen molar-refractivity contribution in [2.45, 2.75) is 25.9 Å². The van der Waals surface area contributed by atoms with E-state index >= 15 is 0 Å². The summed E-state index contributed by atoms with van der Waals surface area (Å²) in [5, 5.41) is 4.68. The van der Waals surface area contributed by atoms with Gasteiger partial charge in [-0.3, -0.25) is 4.68 Å². The standard InChI is InChI=1S/C14H17ClFN3O/c1-8(2)19-14(12(20-3)7-18-19)13(17)10-6-9(15)4-5-11(10)16/h4-8,13H,17H2,1-3H3. The van der Waals surface area contributed by atoms with E-state index in [1.807, 2.05) is 13.8 Å². The molecule has 0 aliphatic rings. The largest absolute Gasteiger partial charge is 0.493 e. The Kier molecular flexibility index (Phi) is 4.30. The van der Waals surface area contributed by atoms with Gasteiger partial charge in [0.15, 0.2) is 5.75 Å². The van der Waals surface area contributed by atoms with Gasteiger partial charge in [-0.05, 0) is 32.0 Å². The first-order chi connectivity index (χ1) is 9.45. The van der Waals surface area contributed by atoms with E-state index in [2.05, 4.69) is 5.10 Å². The third-order valence-corrected chi connectivity index (χ3v) is 3.33. The lowest BCUT2D eigenvalue weighted by Gasteiger charge is -2.19. The van der Waals surface area contributed by atoms with Crippen molar-refractivity contribution < 1.29 is 9.13 Å². The SMILES string of the molecule is COc1cnn(C(C)C)c1C(N)c1cc(Cl)ccc1F. The third-order valence-electron chi connectivity index (χ3n) is 3.10. The molecule has 1 unspecified atom stereocenters. The molecule has 0 spiro atoms. The van der Waals surface area contributed by atoms with Crippen molar-refractivity contribution in [3.8, 4) is 5.75 Å². The molecule has 0 aliphatic heterocycles. The highest BCUT2D eigenvalue weighted by Crippen LogP contribution is 2.32. The molecule has 6 heteroatoms. The lowest BCUT2D eigenvalue weighted by Crippen LogP contribution is -2.20. The minimum Gasteiger partial charge on any atom is -0.493 e. The molecule has 0 saturated heterocycles. The van der Waals surface area contributed by atoms with Crippen LogP contribution in [0.1, 0.15) is 37.2 Å². The normalized spacial score (nSPS) is 12.8. The van der Waals surface area contributed by atoms with Crippen LogP contribution in [-0.4, -0.2) is 16.9 Å². The fraction of sp³-hybridized carbons (Fsp3) is 0.357. The van der Waals surface area contributed by atoms with Gasteiger partial charge in [0.05, 0.1) is 19.3 Å². The number of halogens is 2. The van der Waals surface area contributed by atoms with E-state index in [1.165, 1.54) is 25.3 Å². The summed E-state index contributed by atoms with van der Waals surface area (Å²) in [6.07, 6.45) is 1.58. The van der Waals surface area contributed by atoms with Gasteiger partial charge in [0.1, 0.15) is 11.5 Å². The number of hydrogen-bond acceptors (Lipinski definition) is 3. The van der Waals surface area contributed by atoms with E-state index in [-0.39, 0.29) is 6.04 Å². The molecule has 1 aromatic heterocycles. The predicted molar refractivity (Wildman–Crippen MR) is 76.6 cm³/mol. The number of rotatable bonds is 4. The number of nitrogens with zero attached hydrogens (tertiary/aromatic N) is 2. The molecule has 2 aromatic rings. The van der Waals surface area contributed by atoms with Crippen LogP contribution in [0.2, 0.25) is 5.02 Å². The van der Waals surface area contributed by atoms with Crippen molar-refractivity contribution in [3.63, 3.8) is 0 Å². The Hall–Kier alpha value is -1.59. The molecule has 1 aromatic carbocycles. The summed E-state index contributed by atoms with van der Waals surface area (Å²) in [5.74, 6) is 0.131.